The summed E-state index contributed by atoms with van der Waals surface area (Å²) in [7, 11) is -1.48. The molecule has 0 aliphatic heterocycles. The number of allylic oxidation sites excluding steroid dienone is 1. The predicted octanol–water partition coefficient (Wildman–Crippen LogP) is 6.42. The van der Waals surface area contributed by atoms with E-state index in [1.807, 2.05) is 0 Å². The van der Waals surface area contributed by atoms with Crippen LogP contribution in [0.5, 0.6) is 0 Å². The molecule has 22 heavy (non-hydrogen) atoms. The van der Waals surface area contributed by atoms with Gasteiger partial charge in [-0.2, -0.15) is 0 Å². The standard InChI is InChI=1S/C20H38OSi/c1-7-16(5)17-13-14-18-19(12-11-15-20(17,18)6)21-22(8-2,9-3)10-4/h7,16-19H,1,8-15H2,2-6H3/t16-,17+,18-,19?,20+/m0/s1. The second kappa shape index (κ2) is 7.21. The summed E-state index contributed by atoms with van der Waals surface area (Å²) in [6.07, 6.45) is 9.57. The van der Waals surface area contributed by atoms with Gasteiger partial charge in [0, 0.05) is 6.10 Å². The molecule has 0 saturated heterocycles. The monoisotopic (exact) mass is 322 g/mol. The molecule has 0 amide bonds. The van der Waals surface area contributed by atoms with Gasteiger partial charge in [-0.1, -0.05) is 47.1 Å². The van der Waals surface area contributed by atoms with Crippen LogP contribution in [-0.4, -0.2) is 14.4 Å². The summed E-state index contributed by atoms with van der Waals surface area (Å²) in [5.41, 5.74) is 0.492. The molecule has 2 rings (SSSR count). The van der Waals surface area contributed by atoms with Gasteiger partial charge in [0.1, 0.15) is 0 Å². The fourth-order valence-electron chi connectivity index (χ4n) is 5.65. The lowest BCUT2D eigenvalue weighted by atomic mass is 9.62. The van der Waals surface area contributed by atoms with Gasteiger partial charge in [-0.15, -0.1) is 6.58 Å². The molecule has 0 aromatic heterocycles. The van der Waals surface area contributed by atoms with Gasteiger partial charge < -0.3 is 4.43 Å². The van der Waals surface area contributed by atoms with Crippen molar-refractivity contribution in [3.8, 4) is 0 Å². The van der Waals surface area contributed by atoms with E-state index in [1.54, 1.807) is 0 Å². The summed E-state index contributed by atoms with van der Waals surface area (Å²) >= 11 is 0. The molecular weight excluding hydrogens is 284 g/mol. The Labute approximate surface area is 140 Å². The van der Waals surface area contributed by atoms with Crippen molar-refractivity contribution in [2.24, 2.45) is 23.2 Å². The highest BCUT2D eigenvalue weighted by Gasteiger charge is 2.53. The predicted molar refractivity (Wildman–Crippen MR) is 99.6 cm³/mol. The topological polar surface area (TPSA) is 9.23 Å². The zero-order chi connectivity index (χ0) is 16.4. The number of hydrogen-bond donors (Lipinski definition) is 0. The van der Waals surface area contributed by atoms with Crippen molar-refractivity contribution in [2.75, 3.05) is 0 Å². The lowest BCUT2D eigenvalue weighted by molar-refractivity contribution is -0.0152. The summed E-state index contributed by atoms with van der Waals surface area (Å²) in [6, 6.07) is 3.85. The van der Waals surface area contributed by atoms with Gasteiger partial charge in [-0.3, -0.25) is 0 Å². The first-order valence-corrected chi connectivity index (χ1v) is 12.3. The molecule has 0 aromatic carbocycles. The van der Waals surface area contributed by atoms with Crippen LogP contribution in [-0.2, 0) is 4.43 Å². The lowest BCUT2D eigenvalue weighted by Crippen LogP contribution is -2.48. The Kier molecular flexibility index (Phi) is 5.99. The van der Waals surface area contributed by atoms with Crippen molar-refractivity contribution in [2.45, 2.75) is 91.0 Å². The Morgan fingerprint density at radius 2 is 1.82 bits per heavy atom. The molecule has 128 valence electrons. The van der Waals surface area contributed by atoms with Crippen LogP contribution < -0.4 is 0 Å². The van der Waals surface area contributed by atoms with E-state index in [4.69, 9.17) is 4.43 Å². The molecule has 0 bridgehead atoms. The van der Waals surface area contributed by atoms with E-state index in [-0.39, 0.29) is 0 Å². The summed E-state index contributed by atoms with van der Waals surface area (Å²) in [6.45, 7) is 16.1. The molecule has 0 radical (unpaired) electrons. The van der Waals surface area contributed by atoms with Crippen LogP contribution >= 0.6 is 0 Å². The zero-order valence-electron chi connectivity index (χ0n) is 15.7. The first-order valence-electron chi connectivity index (χ1n) is 9.76. The van der Waals surface area contributed by atoms with Crippen LogP contribution in [0.1, 0.15) is 66.7 Å². The van der Waals surface area contributed by atoms with E-state index >= 15 is 0 Å². The van der Waals surface area contributed by atoms with E-state index in [0.717, 1.165) is 11.8 Å². The van der Waals surface area contributed by atoms with E-state index < -0.39 is 8.32 Å². The zero-order valence-corrected chi connectivity index (χ0v) is 16.7. The first kappa shape index (κ1) is 18.3. The van der Waals surface area contributed by atoms with Gasteiger partial charge in [0.25, 0.3) is 0 Å². The normalized spacial score (nSPS) is 36.9. The van der Waals surface area contributed by atoms with Crippen LogP contribution in [0.3, 0.4) is 0 Å². The second-order valence-electron chi connectivity index (χ2n) is 8.18. The molecule has 0 aromatic rings. The molecule has 1 unspecified atom stereocenters. The van der Waals surface area contributed by atoms with Crippen molar-refractivity contribution in [1.82, 2.24) is 0 Å². The highest BCUT2D eigenvalue weighted by molar-refractivity contribution is 6.73. The maximum Gasteiger partial charge on any atom is 0.192 e. The molecule has 2 heteroatoms. The Bertz CT molecular complexity index is 368. The quantitative estimate of drug-likeness (QED) is 0.388. The van der Waals surface area contributed by atoms with Crippen molar-refractivity contribution in [3.05, 3.63) is 12.7 Å². The maximum absolute atomic E-state index is 6.98. The number of rotatable bonds is 7. The molecule has 2 aliphatic carbocycles. The van der Waals surface area contributed by atoms with Crippen LogP contribution in [0.2, 0.25) is 18.1 Å². The molecule has 5 atom stereocenters. The Morgan fingerprint density at radius 1 is 1.18 bits per heavy atom. The Balaban J connectivity index is 2.17. The first-order chi connectivity index (χ1) is 10.5. The molecule has 1 nitrogen and oxygen atoms in total. The van der Waals surface area contributed by atoms with Crippen molar-refractivity contribution >= 4 is 8.32 Å². The Hall–Kier alpha value is -0.0831. The molecule has 2 aliphatic rings. The van der Waals surface area contributed by atoms with E-state index in [9.17, 15) is 0 Å². The number of fused-ring (bicyclic) bond motifs is 1. The minimum Gasteiger partial charge on any atom is -0.414 e. The molecule has 2 saturated carbocycles. The molecular formula is C20H38OSi. The molecule has 0 spiro atoms. The van der Waals surface area contributed by atoms with Crippen LogP contribution in [0, 0.1) is 23.2 Å². The third kappa shape index (κ3) is 3.10. The van der Waals surface area contributed by atoms with Crippen LogP contribution in [0.15, 0.2) is 12.7 Å². The van der Waals surface area contributed by atoms with Crippen molar-refractivity contribution < 1.29 is 4.43 Å². The summed E-state index contributed by atoms with van der Waals surface area (Å²) in [5.74, 6) is 2.27. The fourth-order valence-corrected chi connectivity index (χ4v) is 8.57. The average Bonchev–Trinajstić information content (AvgIpc) is 2.90. The van der Waals surface area contributed by atoms with Crippen molar-refractivity contribution in [3.63, 3.8) is 0 Å². The summed E-state index contributed by atoms with van der Waals surface area (Å²) < 4.78 is 6.98. The summed E-state index contributed by atoms with van der Waals surface area (Å²) in [5, 5.41) is 0. The lowest BCUT2D eigenvalue weighted by Gasteiger charge is -2.48. The minimum absolute atomic E-state index is 0.492. The molecule has 0 heterocycles. The SMILES string of the molecule is C=C[C@H](C)[C@H]1CC[C@H]2C(O[Si](CC)(CC)CC)CCC[C@]12C. The van der Waals surface area contributed by atoms with Crippen molar-refractivity contribution in [1.29, 1.82) is 0 Å². The van der Waals surface area contributed by atoms with E-state index in [2.05, 4.69) is 47.3 Å². The maximum atomic E-state index is 6.98. The number of hydrogen-bond acceptors (Lipinski definition) is 1. The van der Waals surface area contributed by atoms with Crippen LogP contribution in [0.25, 0.3) is 0 Å². The van der Waals surface area contributed by atoms with E-state index in [1.165, 1.54) is 50.2 Å². The molecule has 0 N–H and O–H groups in total. The van der Waals surface area contributed by atoms with Gasteiger partial charge in [-0.25, -0.2) is 0 Å². The Morgan fingerprint density at radius 3 is 2.36 bits per heavy atom. The largest absolute Gasteiger partial charge is 0.414 e. The van der Waals surface area contributed by atoms with Crippen LogP contribution in [0.4, 0.5) is 0 Å². The minimum atomic E-state index is -1.48. The van der Waals surface area contributed by atoms with Gasteiger partial charge >= 0.3 is 0 Å². The average molecular weight is 323 g/mol. The smallest absolute Gasteiger partial charge is 0.192 e. The summed E-state index contributed by atoms with van der Waals surface area (Å²) in [4.78, 5) is 0. The fraction of sp³-hybridized carbons (Fsp3) is 0.900. The highest BCUT2D eigenvalue weighted by atomic mass is 28.4. The molecule has 2 fully saturated rings. The second-order valence-corrected chi connectivity index (χ2v) is 12.9. The third-order valence-corrected chi connectivity index (χ3v) is 12.1. The van der Waals surface area contributed by atoms with Gasteiger partial charge in [0.05, 0.1) is 0 Å². The van der Waals surface area contributed by atoms with Gasteiger partial charge in [-0.05, 0) is 67.0 Å². The third-order valence-electron chi connectivity index (χ3n) is 7.48. The van der Waals surface area contributed by atoms with E-state index in [0.29, 0.717) is 17.4 Å². The van der Waals surface area contributed by atoms with Gasteiger partial charge in [0.15, 0.2) is 8.32 Å². The highest BCUT2D eigenvalue weighted by Crippen LogP contribution is 2.58. The van der Waals surface area contributed by atoms with Gasteiger partial charge in [0.2, 0.25) is 0 Å².